The number of carbonyl (C=O) groups excluding carboxylic acids is 2. The maximum Gasteiger partial charge on any atom is 0.338 e. The molecule has 0 saturated carbocycles. The van der Waals surface area contributed by atoms with Crippen molar-refractivity contribution in [3.8, 4) is 0 Å². The molecule has 6 heteroatoms. The standard InChI is InChI=1S/C24H25ClN2O3/c1-14(2)18-6-5-7-19(15(3)4)23(18)27-22(28)13-30-24(29)17-8-10-20-16(12-17)9-11-21(25)26-20/h5-12,14-15H,13H2,1-4H3,(H,27,28). The van der Waals surface area contributed by atoms with Gasteiger partial charge in [-0.15, -0.1) is 0 Å². The molecule has 1 N–H and O–H groups in total. The van der Waals surface area contributed by atoms with Crippen LogP contribution < -0.4 is 5.32 Å². The number of benzene rings is 2. The third-order valence-electron chi connectivity index (χ3n) is 4.86. The Bertz CT molecular complexity index is 1070. The van der Waals surface area contributed by atoms with Crippen LogP contribution in [0.4, 0.5) is 5.69 Å². The predicted molar refractivity (Wildman–Crippen MR) is 120 cm³/mol. The fourth-order valence-electron chi connectivity index (χ4n) is 3.31. The normalized spacial score (nSPS) is 11.2. The highest BCUT2D eigenvalue weighted by Gasteiger charge is 2.17. The zero-order chi connectivity index (χ0) is 21.8. The van der Waals surface area contributed by atoms with Gasteiger partial charge in [-0.25, -0.2) is 9.78 Å². The van der Waals surface area contributed by atoms with Gasteiger partial charge in [-0.2, -0.15) is 0 Å². The van der Waals surface area contributed by atoms with Gasteiger partial charge >= 0.3 is 5.97 Å². The quantitative estimate of drug-likeness (QED) is 0.393. The second-order valence-corrected chi connectivity index (χ2v) is 8.17. The molecule has 0 bridgehead atoms. The summed E-state index contributed by atoms with van der Waals surface area (Å²) in [6.07, 6.45) is 0. The number of para-hydroxylation sites is 1. The molecule has 0 atom stereocenters. The number of pyridine rings is 1. The first-order valence-corrected chi connectivity index (χ1v) is 10.3. The van der Waals surface area contributed by atoms with E-state index >= 15 is 0 Å². The van der Waals surface area contributed by atoms with Crippen molar-refractivity contribution >= 4 is 40.1 Å². The SMILES string of the molecule is CC(C)c1cccc(C(C)C)c1NC(=O)COC(=O)c1ccc2nc(Cl)ccc2c1. The molecule has 1 aromatic heterocycles. The minimum absolute atomic E-state index is 0.251. The first kappa shape index (κ1) is 21.8. The Morgan fingerprint density at radius 3 is 2.30 bits per heavy atom. The Morgan fingerprint density at radius 2 is 1.67 bits per heavy atom. The van der Waals surface area contributed by atoms with E-state index in [9.17, 15) is 9.59 Å². The van der Waals surface area contributed by atoms with Crippen molar-refractivity contribution in [3.05, 3.63) is 70.4 Å². The lowest BCUT2D eigenvalue weighted by Gasteiger charge is -2.20. The number of aromatic nitrogens is 1. The van der Waals surface area contributed by atoms with Crippen LogP contribution >= 0.6 is 11.6 Å². The number of hydrogen-bond donors (Lipinski definition) is 1. The molecule has 3 rings (SSSR count). The van der Waals surface area contributed by atoms with E-state index in [1.54, 1.807) is 30.3 Å². The Kier molecular flexibility index (Phi) is 6.73. The molecule has 3 aromatic rings. The van der Waals surface area contributed by atoms with Gasteiger partial charge in [-0.3, -0.25) is 4.79 Å². The number of esters is 1. The fourth-order valence-corrected chi connectivity index (χ4v) is 3.47. The summed E-state index contributed by atoms with van der Waals surface area (Å²) in [4.78, 5) is 29.1. The smallest absolute Gasteiger partial charge is 0.338 e. The summed E-state index contributed by atoms with van der Waals surface area (Å²) >= 11 is 5.89. The predicted octanol–water partition coefficient (Wildman–Crippen LogP) is 5.93. The summed E-state index contributed by atoms with van der Waals surface area (Å²) in [7, 11) is 0. The maximum atomic E-state index is 12.5. The molecule has 156 valence electrons. The van der Waals surface area contributed by atoms with Crippen LogP contribution in [0.2, 0.25) is 5.15 Å². The number of halogens is 1. The lowest BCUT2D eigenvalue weighted by molar-refractivity contribution is -0.119. The summed E-state index contributed by atoms with van der Waals surface area (Å²) in [5.74, 6) is -0.432. The van der Waals surface area contributed by atoms with E-state index < -0.39 is 5.97 Å². The van der Waals surface area contributed by atoms with E-state index in [0.717, 1.165) is 22.2 Å². The number of nitrogens with zero attached hydrogens (tertiary/aromatic N) is 1. The Balaban J connectivity index is 1.70. The highest BCUT2D eigenvalue weighted by atomic mass is 35.5. The highest BCUT2D eigenvalue weighted by molar-refractivity contribution is 6.29. The topological polar surface area (TPSA) is 68.3 Å². The minimum atomic E-state index is -0.566. The van der Waals surface area contributed by atoms with Gasteiger partial charge in [0.2, 0.25) is 0 Å². The molecule has 1 heterocycles. The first-order chi connectivity index (χ1) is 14.3. The molecule has 0 aliphatic carbocycles. The van der Waals surface area contributed by atoms with Gasteiger partial charge in [0, 0.05) is 11.1 Å². The van der Waals surface area contributed by atoms with Crippen LogP contribution in [0.25, 0.3) is 10.9 Å². The van der Waals surface area contributed by atoms with Gasteiger partial charge < -0.3 is 10.1 Å². The molecule has 0 radical (unpaired) electrons. The summed E-state index contributed by atoms with van der Waals surface area (Å²) in [5.41, 5.74) is 3.95. The van der Waals surface area contributed by atoms with Gasteiger partial charge in [0.25, 0.3) is 5.91 Å². The molecule has 2 aromatic carbocycles. The molecular weight excluding hydrogens is 400 g/mol. The van der Waals surface area contributed by atoms with Gasteiger partial charge in [-0.05, 0) is 53.3 Å². The van der Waals surface area contributed by atoms with Crippen molar-refractivity contribution < 1.29 is 14.3 Å². The minimum Gasteiger partial charge on any atom is -0.452 e. The molecule has 0 spiro atoms. The second kappa shape index (κ2) is 9.26. The van der Waals surface area contributed by atoms with E-state index in [0.29, 0.717) is 16.2 Å². The second-order valence-electron chi connectivity index (χ2n) is 7.79. The summed E-state index contributed by atoms with van der Waals surface area (Å²) in [6, 6.07) is 14.4. The Morgan fingerprint density at radius 1 is 1.00 bits per heavy atom. The average molecular weight is 425 g/mol. The number of anilines is 1. The van der Waals surface area contributed by atoms with Gasteiger partial charge in [-0.1, -0.05) is 57.5 Å². The van der Waals surface area contributed by atoms with Crippen LogP contribution in [0.5, 0.6) is 0 Å². The molecule has 1 amide bonds. The summed E-state index contributed by atoms with van der Waals surface area (Å²) in [5, 5.41) is 4.10. The van der Waals surface area contributed by atoms with E-state index in [1.165, 1.54) is 0 Å². The van der Waals surface area contributed by atoms with Crippen LogP contribution in [0.1, 0.15) is 61.0 Å². The maximum absolute atomic E-state index is 12.5. The van der Waals surface area contributed by atoms with E-state index in [2.05, 4.69) is 38.0 Å². The van der Waals surface area contributed by atoms with Crippen LogP contribution in [-0.4, -0.2) is 23.5 Å². The molecule has 0 aliphatic heterocycles. The first-order valence-electron chi connectivity index (χ1n) is 9.92. The van der Waals surface area contributed by atoms with E-state index in [-0.39, 0.29) is 24.3 Å². The molecule has 0 aliphatic rings. The lowest BCUT2D eigenvalue weighted by Crippen LogP contribution is -2.22. The molecule has 0 fully saturated rings. The number of fused-ring (bicyclic) bond motifs is 1. The third kappa shape index (κ3) is 4.97. The Hall–Kier alpha value is -2.92. The summed E-state index contributed by atoms with van der Waals surface area (Å²) < 4.78 is 5.24. The molecule has 0 saturated heterocycles. The number of amides is 1. The van der Waals surface area contributed by atoms with Gasteiger partial charge in [0.1, 0.15) is 5.15 Å². The number of nitrogens with one attached hydrogen (secondary N) is 1. The van der Waals surface area contributed by atoms with Gasteiger partial charge in [0.15, 0.2) is 6.61 Å². The van der Waals surface area contributed by atoms with Crippen molar-refractivity contribution in [1.29, 1.82) is 0 Å². The monoisotopic (exact) mass is 424 g/mol. The van der Waals surface area contributed by atoms with Gasteiger partial charge in [0.05, 0.1) is 11.1 Å². The van der Waals surface area contributed by atoms with Crippen LogP contribution in [0, 0.1) is 0 Å². The number of ether oxygens (including phenoxy) is 1. The third-order valence-corrected chi connectivity index (χ3v) is 5.07. The molecule has 5 nitrogen and oxygen atoms in total. The van der Waals surface area contributed by atoms with Crippen LogP contribution in [0.3, 0.4) is 0 Å². The molecule has 0 unspecified atom stereocenters. The highest BCUT2D eigenvalue weighted by Crippen LogP contribution is 2.32. The van der Waals surface area contributed by atoms with Crippen LogP contribution in [-0.2, 0) is 9.53 Å². The van der Waals surface area contributed by atoms with Crippen molar-refractivity contribution in [3.63, 3.8) is 0 Å². The van der Waals surface area contributed by atoms with Crippen molar-refractivity contribution in [2.24, 2.45) is 0 Å². The summed E-state index contributed by atoms with van der Waals surface area (Å²) in [6.45, 7) is 7.96. The fraction of sp³-hybridized carbons (Fsp3) is 0.292. The number of hydrogen-bond acceptors (Lipinski definition) is 4. The largest absolute Gasteiger partial charge is 0.452 e. The number of rotatable bonds is 6. The zero-order valence-electron chi connectivity index (χ0n) is 17.5. The van der Waals surface area contributed by atoms with Crippen molar-refractivity contribution in [1.82, 2.24) is 4.98 Å². The van der Waals surface area contributed by atoms with Crippen molar-refractivity contribution in [2.45, 2.75) is 39.5 Å². The van der Waals surface area contributed by atoms with Crippen molar-refractivity contribution in [2.75, 3.05) is 11.9 Å². The molecule has 30 heavy (non-hydrogen) atoms. The van der Waals surface area contributed by atoms with E-state index in [4.69, 9.17) is 16.3 Å². The lowest BCUT2D eigenvalue weighted by atomic mass is 9.92. The van der Waals surface area contributed by atoms with Crippen LogP contribution in [0.15, 0.2) is 48.5 Å². The Labute approximate surface area is 181 Å². The number of carbonyl (C=O) groups is 2. The zero-order valence-corrected chi connectivity index (χ0v) is 18.3. The average Bonchev–Trinajstić information content (AvgIpc) is 2.71. The molecular formula is C24H25ClN2O3. The van der Waals surface area contributed by atoms with E-state index in [1.807, 2.05) is 18.2 Å².